The molecule has 0 spiro atoms. The Morgan fingerprint density at radius 1 is 1.09 bits per heavy atom. The van der Waals surface area contributed by atoms with E-state index in [4.69, 9.17) is 30.2 Å². The Morgan fingerprint density at radius 3 is 2.47 bits per heavy atom. The summed E-state index contributed by atoms with van der Waals surface area (Å²) in [7, 11) is 4.32. The zero-order valence-corrected chi connectivity index (χ0v) is 19.4. The molecule has 0 bridgehead atoms. The molecule has 0 radical (unpaired) electrons. The van der Waals surface area contributed by atoms with Gasteiger partial charge in [-0.1, -0.05) is 17.7 Å². The number of furan rings is 1. The lowest BCUT2D eigenvalue weighted by Crippen LogP contribution is -2.34. The number of hydrogen-bond donors (Lipinski definition) is 2. The number of amides is 1. The number of hydrogen-bond acceptors (Lipinski definition) is 8. The van der Waals surface area contributed by atoms with Crippen molar-refractivity contribution in [1.82, 2.24) is 4.90 Å². The van der Waals surface area contributed by atoms with Crippen LogP contribution in [0.5, 0.6) is 17.2 Å². The first-order valence-electron chi connectivity index (χ1n) is 10.2. The van der Waals surface area contributed by atoms with Crippen LogP contribution in [0, 0.1) is 0 Å². The Labute approximate surface area is 199 Å². The predicted molar refractivity (Wildman–Crippen MR) is 123 cm³/mol. The van der Waals surface area contributed by atoms with Crippen LogP contribution in [0.25, 0.3) is 11.0 Å². The van der Waals surface area contributed by atoms with E-state index in [1.807, 2.05) is 0 Å². The van der Waals surface area contributed by atoms with Crippen LogP contribution >= 0.6 is 11.6 Å². The molecule has 1 aromatic heterocycles. The van der Waals surface area contributed by atoms with Crippen LogP contribution in [0.2, 0.25) is 5.02 Å². The van der Waals surface area contributed by atoms with Gasteiger partial charge in [-0.2, -0.15) is 0 Å². The fourth-order valence-electron chi connectivity index (χ4n) is 4.01. The van der Waals surface area contributed by atoms with Crippen molar-refractivity contribution < 1.29 is 38.4 Å². The summed E-state index contributed by atoms with van der Waals surface area (Å²) in [4.78, 5) is 27.8. The number of ether oxygens (including phenoxy) is 3. The number of halogens is 1. The number of benzene rings is 2. The van der Waals surface area contributed by atoms with E-state index in [9.17, 15) is 19.8 Å². The largest absolute Gasteiger partial charge is 0.504 e. The maximum atomic E-state index is 13.6. The van der Waals surface area contributed by atoms with Crippen LogP contribution < -0.4 is 9.47 Å². The van der Waals surface area contributed by atoms with Crippen LogP contribution in [0.1, 0.15) is 22.2 Å². The van der Waals surface area contributed by atoms with Crippen molar-refractivity contribution in [3.05, 3.63) is 64.1 Å². The molecule has 1 amide bonds. The number of nitrogens with zero attached hydrogens (tertiary/aromatic N) is 1. The molecule has 9 nitrogen and oxygen atoms in total. The number of carbonyl (C=O) groups excluding carboxylic acids is 2. The van der Waals surface area contributed by atoms with Crippen molar-refractivity contribution in [2.24, 2.45) is 0 Å². The average Bonchev–Trinajstić information content (AvgIpc) is 3.35. The minimum absolute atomic E-state index is 0.0944. The number of rotatable bonds is 8. The lowest BCUT2D eigenvalue weighted by atomic mass is 9.94. The van der Waals surface area contributed by atoms with Crippen molar-refractivity contribution >= 4 is 34.3 Å². The van der Waals surface area contributed by atoms with E-state index in [1.54, 1.807) is 18.2 Å². The molecule has 0 saturated heterocycles. The van der Waals surface area contributed by atoms with E-state index in [-0.39, 0.29) is 36.0 Å². The van der Waals surface area contributed by atoms with Crippen LogP contribution in [0.4, 0.5) is 0 Å². The number of aliphatic hydroxyl groups excluding tert-OH is 1. The first-order valence-corrected chi connectivity index (χ1v) is 10.6. The molecule has 0 fully saturated rings. The molecule has 1 aliphatic rings. The number of phenolic OH excluding ortho intramolecular Hbond substituents is 1. The van der Waals surface area contributed by atoms with E-state index in [0.717, 1.165) is 0 Å². The van der Waals surface area contributed by atoms with Gasteiger partial charge in [-0.15, -0.1) is 0 Å². The maximum Gasteiger partial charge on any atom is 0.290 e. The highest BCUT2D eigenvalue weighted by atomic mass is 35.5. The molecule has 2 N–H and O–H groups in total. The molecule has 1 atom stereocenters. The van der Waals surface area contributed by atoms with Crippen LogP contribution in [0.15, 0.2) is 52.1 Å². The molecule has 1 unspecified atom stereocenters. The summed E-state index contributed by atoms with van der Waals surface area (Å²) in [6.07, 6.45) is 0. The Bertz CT molecular complexity index is 1310. The molecule has 3 aromatic rings. The zero-order valence-electron chi connectivity index (χ0n) is 18.6. The third-order valence-corrected chi connectivity index (χ3v) is 5.81. The number of methoxy groups -OCH3 is 3. The van der Waals surface area contributed by atoms with Gasteiger partial charge in [0.25, 0.3) is 5.91 Å². The van der Waals surface area contributed by atoms with Gasteiger partial charge in [0.2, 0.25) is 5.78 Å². The summed E-state index contributed by atoms with van der Waals surface area (Å²) < 4.78 is 21.2. The molecule has 2 heterocycles. The van der Waals surface area contributed by atoms with Gasteiger partial charge in [0.1, 0.15) is 0 Å². The molecule has 0 aliphatic carbocycles. The summed E-state index contributed by atoms with van der Waals surface area (Å²) in [5.41, 5.74) is 0.510. The Hall–Kier alpha value is -3.69. The minimum Gasteiger partial charge on any atom is -0.504 e. The van der Waals surface area contributed by atoms with Crippen LogP contribution in [-0.2, 0) is 9.53 Å². The molecule has 0 saturated carbocycles. The SMILES string of the molecule is COCCN1C(=O)C(O)=C(C(=O)c2cc3cc(Cl)cc(OC)c3o2)C1c1ccc(OC)c(O)c1. The smallest absolute Gasteiger partial charge is 0.290 e. The molecule has 178 valence electrons. The number of fused-ring (bicyclic) bond motifs is 1. The molecule has 10 heteroatoms. The van der Waals surface area contributed by atoms with Crippen molar-refractivity contribution in [2.75, 3.05) is 34.5 Å². The zero-order chi connectivity index (χ0) is 24.6. The van der Waals surface area contributed by atoms with Crippen molar-refractivity contribution in [3.8, 4) is 17.2 Å². The maximum absolute atomic E-state index is 13.6. The number of ketones is 1. The van der Waals surface area contributed by atoms with Gasteiger partial charge in [0, 0.05) is 30.1 Å². The molecule has 2 aromatic carbocycles. The number of aromatic hydroxyl groups is 1. The second-order valence-electron chi connectivity index (χ2n) is 7.55. The first kappa shape index (κ1) is 23.5. The average molecular weight is 488 g/mol. The van der Waals surface area contributed by atoms with Gasteiger partial charge in [0.15, 0.2) is 34.4 Å². The molecular weight excluding hydrogens is 466 g/mol. The topological polar surface area (TPSA) is 119 Å². The minimum atomic E-state index is -0.995. The van der Waals surface area contributed by atoms with E-state index in [1.165, 1.54) is 44.4 Å². The molecule has 4 rings (SSSR count). The Morgan fingerprint density at radius 2 is 1.82 bits per heavy atom. The Kier molecular flexibility index (Phi) is 6.41. The lowest BCUT2D eigenvalue weighted by molar-refractivity contribution is -0.130. The number of phenols is 1. The highest BCUT2D eigenvalue weighted by molar-refractivity contribution is 6.31. The van der Waals surface area contributed by atoms with Gasteiger partial charge >= 0.3 is 0 Å². The third-order valence-electron chi connectivity index (χ3n) is 5.59. The Balaban J connectivity index is 1.83. The fraction of sp³-hybridized carbons (Fsp3) is 0.250. The highest BCUT2D eigenvalue weighted by Gasteiger charge is 2.44. The normalized spacial score (nSPS) is 15.9. The summed E-state index contributed by atoms with van der Waals surface area (Å²) in [5.74, 6) is -1.87. The summed E-state index contributed by atoms with van der Waals surface area (Å²) >= 11 is 6.12. The van der Waals surface area contributed by atoms with Gasteiger partial charge in [-0.3, -0.25) is 9.59 Å². The number of Topliss-reactive ketones (excluding diaryl/α,β-unsaturated/α-hetero) is 1. The summed E-state index contributed by atoms with van der Waals surface area (Å²) in [6.45, 7) is 0.261. The van der Waals surface area contributed by atoms with Gasteiger partial charge in [-0.05, 0) is 29.8 Å². The van der Waals surface area contributed by atoms with E-state index in [0.29, 0.717) is 27.3 Å². The molecule has 1 aliphatic heterocycles. The quantitative estimate of drug-likeness (QED) is 0.457. The van der Waals surface area contributed by atoms with Gasteiger partial charge < -0.3 is 33.7 Å². The standard InChI is InChI=1S/C24H22ClNO8/c1-31-7-6-26-20(12-4-5-16(32-2)15(27)9-12)19(22(29)24(26)30)21(28)17-10-13-8-14(25)11-18(33-3)23(13)34-17/h4-5,8-11,20,27,29H,6-7H2,1-3H3. The third kappa shape index (κ3) is 3.93. The molecular formula is C24H22ClNO8. The second-order valence-corrected chi connectivity index (χ2v) is 7.99. The van der Waals surface area contributed by atoms with E-state index < -0.39 is 23.5 Å². The highest BCUT2D eigenvalue weighted by Crippen LogP contribution is 2.42. The number of carbonyl (C=O) groups is 2. The first-order chi connectivity index (χ1) is 16.3. The predicted octanol–water partition coefficient (Wildman–Crippen LogP) is 4.03. The number of aliphatic hydroxyl groups is 1. The molecule has 34 heavy (non-hydrogen) atoms. The van der Waals surface area contributed by atoms with Crippen molar-refractivity contribution in [2.45, 2.75) is 6.04 Å². The summed E-state index contributed by atoms with van der Waals surface area (Å²) in [6, 6.07) is 8.12. The van der Waals surface area contributed by atoms with Gasteiger partial charge in [0.05, 0.1) is 32.4 Å². The van der Waals surface area contributed by atoms with Crippen LogP contribution in [0.3, 0.4) is 0 Å². The fourth-order valence-corrected chi connectivity index (χ4v) is 4.23. The second kappa shape index (κ2) is 9.28. The van der Waals surface area contributed by atoms with Crippen LogP contribution in [-0.4, -0.2) is 61.3 Å². The van der Waals surface area contributed by atoms with E-state index >= 15 is 0 Å². The van der Waals surface area contributed by atoms with Crippen molar-refractivity contribution in [3.63, 3.8) is 0 Å². The van der Waals surface area contributed by atoms with Crippen molar-refractivity contribution in [1.29, 1.82) is 0 Å². The summed E-state index contributed by atoms with van der Waals surface area (Å²) in [5, 5.41) is 21.9. The van der Waals surface area contributed by atoms with E-state index in [2.05, 4.69) is 0 Å². The van der Waals surface area contributed by atoms with Gasteiger partial charge in [-0.25, -0.2) is 0 Å². The lowest BCUT2D eigenvalue weighted by Gasteiger charge is -2.26. The monoisotopic (exact) mass is 487 g/mol.